The Morgan fingerprint density at radius 2 is 1.92 bits per heavy atom. The number of aromatic nitrogens is 1. The summed E-state index contributed by atoms with van der Waals surface area (Å²) in [6.45, 7) is 3.96. The number of benzene rings is 2. The fourth-order valence-corrected chi connectivity index (χ4v) is 2.73. The molecule has 3 rings (SSSR count). The molecular formula is C20H20N2O2. The number of fused-ring (bicyclic) bond motifs is 1. The number of hydrogen-bond acceptors (Lipinski definition) is 3. The largest absolute Gasteiger partial charge is 0.496 e. The molecule has 0 spiro atoms. The van der Waals surface area contributed by atoms with Crippen LogP contribution in [0.4, 0.5) is 0 Å². The number of amides is 1. The van der Waals surface area contributed by atoms with Crippen LogP contribution < -0.4 is 10.1 Å². The standard InChI is InChI=1S/C20H20N2O2/c1-13-8-11-19(24-3)16(12-13)14(2)21-20(23)18-10-9-15-6-4-5-7-17(15)22-18/h4-12,14H,1-3H3,(H,21,23)/t14-/m1/s1. The van der Waals surface area contributed by atoms with Gasteiger partial charge < -0.3 is 10.1 Å². The molecule has 1 amide bonds. The van der Waals surface area contributed by atoms with Crippen molar-refractivity contribution < 1.29 is 9.53 Å². The molecule has 1 atom stereocenters. The van der Waals surface area contributed by atoms with Gasteiger partial charge in [-0.05, 0) is 32.0 Å². The smallest absolute Gasteiger partial charge is 0.270 e. The number of nitrogens with zero attached hydrogens (tertiary/aromatic N) is 1. The van der Waals surface area contributed by atoms with Gasteiger partial charge in [-0.3, -0.25) is 4.79 Å². The van der Waals surface area contributed by atoms with Crippen LogP contribution in [-0.2, 0) is 0 Å². The fourth-order valence-electron chi connectivity index (χ4n) is 2.73. The molecule has 1 N–H and O–H groups in total. The fraction of sp³-hybridized carbons (Fsp3) is 0.200. The lowest BCUT2D eigenvalue weighted by molar-refractivity contribution is 0.0935. The van der Waals surface area contributed by atoms with E-state index in [9.17, 15) is 4.79 Å². The summed E-state index contributed by atoms with van der Waals surface area (Å²) >= 11 is 0. The highest BCUT2D eigenvalue weighted by atomic mass is 16.5. The lowest BCUT2D eigenvalue weighted by atomic mass is 10.0. The lowest BCUT2D eigenvalue weighted by Gasteiger charge is -2.18. The van der Waals surface area contributed by atoms with Crippen LogP contribution in [0.2, 0.25) is 0 Å². The normalized spacial score (nSPS) is 12.0. The van der Waals surface area contributed by atoms with Crippen molar-refractivity contribution in [2.45, 2.75) is 19.9 Å². The first-order chi connectivity index (χ1) is 11.6. The van der Waals surface area contributed by atoms with Crippen LogP contribution in [0.25, 0.3) is 10.9 Å². The van der Waals surface area contributed by atoms with Crippen molar-refractivity contribution >= 4 is 16.8 Å². The topological polar surface area (TPSA) is 51.2 Å². The van der Waals surface area contributed by atoms with Gasteiger partial charge in [0.05, 0.1) is 18.7 Å². The highest BCUT2D eigenvalue weighted by Gasteiger charge is 2.16. The molecule has 122 valence electrons. The molecule has 0 radical (unpaired) electrons. The molecular weight excluding hydrogens is 300 g/mol. The number of nitrogens with one attached hydrogen (secondary N) is 1. The van der Waals surface area contributed by atoms with Crippen LogP contribution in [0.3, 0.4) is 0 Å². The van der Waals surface area contributed by atoms with E-state index in [0.29, 0.717) is 5.69 Å². The third-order valence-corrected chi connectivity index (χ3v) is 4.03. The van der Waals surface area contributed by atoms with Gasteiger partial charge in [-0.25, -0.2) is 4.98 Å². The maximum Gasteiger partial charge on any atom is 0.270 e. The van der Waals surface area contributed by atoms with Crippen molar-refractivity contribution in [2.75, 3.05) is 7.11 Å². The number of aryl methyl sites for hydroxylation is 1. The Balaban J connectivity index is 1.84. The zero-order chi connectivity index (χ0) is 17.1. The molecule has 3 aromatic rings. The van der Waals surface area contributed by atoms with Crippen molar-refractivity contribution in [3.8, 4) is 5.75 Å². The lowest BCUT2D eigenvalue weighted by Crippen LogP contribution is -2.27. The van der Waals surface area contributed by atoms with Gasteiger partial charge in [-0.15, -0.1) is 0 Å². The second-order valence-electron chi connectivity index (χ2n) is 5.83. The molecule has 4 heteroatoms. The van der Waals surface area contributed by atoms with Crippen molar-refractivity contribution in [1.29, 1.82) is 0 Å². The highest BCUT2D eigenvalue weighted by Crippen LogP contribution is 2.26. The molecule has 1 heterocycles. The Morgan fingerprint density at radius 1 is 1.12 bits per heavy atom. The molecule has 0 fully saturated rings. The minimum atomic E-state index is -0.197. The van der Waals surface area contributed by atoms with Crippen LogP contribution >= 0.6 is 0 Å². The number of carbonyl (C=O) groups is 1. The van der Waals surface area contributed by atoms with Crippen LogP contribution in [-0.4, -0.2) is 18.0 Å². The van der Waals surface area contributed by atoms with Crippen molar-refractivity contribution in [3.05, 3.63) is 71.4 Å². The summed E-state index contributed by atoms with van der Waals surface area (Å²) in [7, 11) is 1.63. The summed E-state index contributed by atoms with van der Waals surface area (Å²) in [5.41, 5.74) is 3.29. The average molecular weight is 320 g/mol. The number of hydrogen-bond donors (Lipinski definition) is 1. The molecule has 0 unspecified atom stereocenters. The monoisotopic (exact) mass is 320 g/mol. The predicted octanol–water partition coefficient (Wildman–Crippen LogP) is 4.04. The molecule has 24 heavy (non-hydrogen) atoms. The van der Waals surface area contributed by atoms with Crippen LogP contribution in [0.5, 0.6) is 5.75 Å². The van der Waals surface area contributed by atoms with E-state index in [4.69, 9.17) is 4.74 Å². The summed E-state index contributed by atoms with van der Waals surface area (Å²) in [6, 6.07) is 17.2. The number of rotatable bonds is 4. The molecule has 0 aliphatic rings. The van der Waals surface area contributed by atoms with Crippen LogP contribution in [0.1, 0.15) is 34.6 Å². The van der Waals surface area contributed by atoms with Gasteiger partial charge in [0.25, 0.3) is 5.91 Å². The molecule has 0 saturated heterocycles. The molecule has 0 bridgehead atoms. The minimum Gasteiger partial charge on any atom is -0.496 e. The molecule has 0 aliphatic carbocycles. The second-order valence-corrected chi connectivity index (χ2v) is 5.83. The van der Waals surface area contributed by atoms with Crippen LogP contribution in [0.15, 0.2) is 54.6 Å². The van der Waals surface area contributed by atoms with Gasteiger partial charge in [-0.2, -0.15) is 0 Å². The highest BCUT2D eigenvalue weighted by molar-refractivity contribution is 5.95. The van der Waals surface area contributed by atoms with Crippen molar-refractivity contribution in [3.63, 3.8) is 0 Å². The maximum absolute atomic E-state index is 12.5. The first kappa shape index (κ1) is 16.0. The quantitative estimate of drug-likeness (QED) is 0.789. The van der Waals surface area contributed by atoms with E-state index in [1.54, 1.807) is 13.2 Å². The number of methoxy groups -OCH3 is 1. The van der Waals surface area contributed by atoms with Gasteiger partial charge in [0.2, 0.25) is 0 Å². The summed E-state index contributed by atoms with van der Waals surface area (Å²) in [6.07, 6.45) is 0. The molecule has 2 aromatic carbocycles. The third kappa shape index (κ3) is 3.23. The van der Waals surface area contributed by atoms with E-state index in [1.165, 1.54) is 0 Å². The summed E-state index contributed by atoms with van der Waals surface area (Å²) < 4.78 is 5.40. The van der Waals surface area contributed by atoms with E-state index in [0.717, 1.165) is 27.8 Å². The van der Waals surface area contributed by atoms with E-state index in [2.05, 4.69) is 10.3 Å². The number of ether oxygens (including phenoxy) is 1. The average Bonchev–Trinajstić information content (AvgIpc) is 2.61. The van der Waals surface area contributed by atoms with Crippen molar-refractivity contribution in [2.24, 2.45) is 0 Å². The number of carbonyl (C=O) groups excluding carboxylic acids is 1. The molecule has 4 nitrogen and oxygen atoms in total. The van der Waals surface area contributed by atoms with Gasteiger partial charge in [0, 0.05) is 10.9 Å². The van der Waals surface area contributed by atoms with Gasteiger partial charge >= 0.3 is 0 Å². The number of para-hydroxylation sites is 1. The third-order valence-electron chi connectivity index (χ3n) is 4.03. The Labute approximate surface area is 141 Å². The molecule has 0 aliphatic heterocycles. The zero-order valence-electron chi connectivity index (χ0n) is 14.0. The van der Waals surface area contributed by atoms with E-state index >= 15 is 0 Å². The Hall–Kier alpha value is -2.88. The first-order valence-corrected chi connectivity index (χ1v) is 7.89. The molecule has 1 aromatic heterocycles. The van der Waals surface area contributed by atoms with E-state index in [-0.39, 0.29) is 11.9 Å². The summed E-state index contributed by atoms with van der Waals surface area (Å²) in [5, 5.41) is 4.01. The van der Waals surface area contributed by atoms with Crippen molar-refractivity contribution in [1.82, 2.24) is 10.3 Å². The Morgan fingerprint density at radius 3 is 2.71 bits per heavy atom. The SMILES string of the molecule is COc1ccc(C)cc1[C@@H](C)NC(=O)c1ccc2ccccc2n1. The van der Waals surface area contributed by atoms with Gasteiger partial charge in [0.15, 0.2) is 0 Å². The molecule has 0 saturated carbocycles. The predicted molar refractivity (Wildman–Crippen MR) is 95.4 cm³/mol. The van der Waals surface area contributed by atoms with E-state index < -0.39 is 0 Å². The maximum atomic E-state index is 12.5. The van der Waals surface area contributed by atoms with Gasteiger partial charge in [0.1, 0.15) is 11.4 Å². The Bertz CT molecular complexity index is 890. The summed E-state index contributed by atoms with van der Waals surface area (Å²) in [5.74, 6) is 0.566. The summed E-state index contributed by atoms with van der Waals surface area (Å²) in [4.78, 5) is 17.0. The Kier molecular flexibility index (Phi) is 4.47. The zero-order valence-corrected chi connectivity index (χ0v) is 14.0. The number of pyridine rings is 1. The second kappa shape index (κ2) is 6.71. The van der Waals surface area contributed by atoms with Crippen LogP contribution in [0, 0.1) is 6.92 Å². The minimum absolute atomic E-state index is 0.180. The van der Waals surface area contributed by atoms with Gasteiger partial charge in [-0.1, -0.05) is 42.0 Å². The van der Waals surface area contributed by atoms with E-state index in [1.807, 2.05) is 62.4 Å². The first-order valence-electron chi connectivity index (χ1n) is 7.89.